The van der Waals surface area contributed by atoms with Crippen molar-refractivity contribution in [2.75, 3.05) is 21.3 Å². The molecule has 1 aromatic rings. The van der Waals surface area contributed by atoms with Gasteiger partial charge in [0.25, 0.3) is 0 Å². The van der Waals surface area contributed by atoms with E-state index < -0.39 is 11.4 Å². The number of methoxy groups -OCH3 is 3. The van der Waals surface area contributed by atoms with Crippen molar-refractivity contribution in [3.8, 4) is 17.2 Å². The van der Waals surface area contributed by atoms with Gasteiger partial charge in [-0.3, -0.25) is 4.79 Å². The topological polar surface area (TPSA) is 65.0 Å². The number of rotatable bonds is 6. The van der Waals surface area contributed by atoms with Crippen molar-refractivity contribution in [1.82, 2.24) is 0 Å². The molecule has 5 nitrogen and oxygen atoms in total. The highest BCUT2D eigenvalue weighted by Gasteiger charge is 2.50. The number of halogens is 1. The summed E-state index contributed by atoms with van der Waals surface area (Å²) < 4.78 is 15.9. The molecular weight excluding hydrogens is 284 g/mol. The van der Waals surface area contributed by atoms with Crippen molar-refractivity contribution in [1.29, 1.82) is 0 Å². The summed E-state index contributed by atoms with van der Waals surface area (Å²) in [5.41, 5.74) is 0.177. The summed E-state index contributed by atoms with van der Waals surface area (Å²) in [6, 6.07) is 1.64. The third-order valence-electron chi connectivity index (χ3n) is 3.67. The minimum atomic E-state index is -0.859. The highest BCUT2D eigenvalue weighted by molar-refractivity contribution is 6.33. The van der Waals surface area contributed by atoms with Gasteiger partial charge in [0.05, 0.1) is 32.8 Å². The number of aliphatic carboxylic acids is 1. The van der Waals surface area contributed by atoms with Gasteiger partial charge in [-0.1, -0.05) is 11.6 Å². The Bertz CT molecular complexity index is 537. The van der Waals surface area contributed by atoms with Crippen molar-refractivity contribution in [2.24, 2.45) is 0 Å². The molecule has 2 rings (SSSR count). The van der Waals surface area contributed by atoms with Crippen LogP contribution in [-0.4, -0.2) is 32.4 Å². The van der Waals surface area contributed by atoms with Crippen LogP contribution in [0.2, 0.25) is 5.02 Å². The second-order valence-corrected chi connectivity index (χ2v) is 5.23. The molecule has 0 spiro atoms. The molecule has 0 amide bonds. The molecule has 0 heterocycles. The Balaban J connectivity index is 2.63. The highest BCUT2D eigenvalue weighted by Crippen LogP contribution is 2.59. The number of carboxylic acids is 1. The molecule has 0 atom stereocenters. The molecule has 110 valence electrons. The minimum Gasteiger partial charge on any atom is -0.495 e. The van der Waals surface area contributed by atoms with Crippen molar-refractivity contribution in [3.63, 3.8) is 0 Å². The fourth-order valence-corrected chi connectivity index (χ4v) is 2.94. The van der Waals surface area contributed by atoms with Crippen molar-refractivity contribution >= 4 is 17.6 Å². The largest absolute Gasteiger partial charge is 0.495 e. The lowest BCUT2D eigenvalue weighted by Crippen LogP contribution is -2.15. The number of ether oxygens (including phenoxy) is 3. The summed E-state index contributed by atoms with van der Waals surface area (Å²) in [7, 11) is 4.54. The summed E-state index contributed by atoms with van der Waals surface area (Å²) >= 11 is 6.38. The van der Waals surface area contributed by atoms with Crippen molar-refractivity contribution < 1.29 is 24.1 Å². The summed E-state index contributed by atoms with van der Waals surface area (Å²) in [5.74, 6) is 0.566. The minimum absolute atomic E-state index is 0.0133. The molecule has 1 aliphatic rings. The average molecular weight is 301 g/mol. The van der Waals surface area contributed by atoms with Gasteiger partial charge >= 0.3 is 5.97 Å². The maximum Gasteiger partial charge on any atom is 0.304 e. The Morgan fingerprint density at radius 2 is 1.85 bits per heavy atom. The van der Waals surface area contributed by atoms with Crippen LogP contribution in [0.3, 0.4) is 0 Å². The van der Waals surface area contributed by atoms with Gasteiger partial charge in [0.1, 0.15) is 5.75 Å². The first kappa shape index (κ1) is 14.8. The Hall–Kier alpha value is -1.62. The molecular formula is C14H17ClO5. The predicted molar refractivity (Wildman–Crippen MR) is 74.3 cm³/mol. The van der Waals surface area contributed by atoms with Gasteiger partial charge in [-0.25, -0.2) is 0 Å². The third kappa shape index (κ3) is 2.38. The molecule has 1 aromatic carbocycles. The highest BCUT2D eigenvalue weighted by atomic mass is 35.5. The molecule has 20 heavy (non-hydrogen) atoms. The fourth-order valence-electron chi connectivity index (χ4n) is 2.53. The second kappa shape index (κ2) is 5.40. The van der Waals surface area contributed by atoms with Crippen LogP contribution in [-0.2, 0) is 10.2 Å². The van der Waals surface area contributed by atoms with E-state index in [1.54, 1.807) is 6.07 Å². The zero-order valence-electron chi connectivity index (χ0n) is 11.7. The van der Waals surface area contributed by atoms with Crippen LogP contribution >= 0.6 is 11.6 Å². The first-order chi connectivity index (χ1) is 9.49. The third-order valence-corrected chi connectivity index (χ3v) is 4.04. The number of benzene rings is 1. The predicted octanol–water partition coefficient (Wildman–Crippen LogP) is 2.87. The summed E-state index contributed by atoms with van der Waals surface area (Å²) in [6.07, 6.45) is 1.52. The average Bonchev–Trinajstić information content (AvgIpc) is 3.17. The molecule has 1 N–H and O–H groups in total. The zero-order valence-corrected chi connectivity index (χ0v) is 12.4. The molecule has 0 unspecified atom stereocenters. The Morgan fingerprint density at radius 1 is 1.25 bits per heavy atom. The molecule has 1 aliphatic carbocycles. The van der Waals surface area contributed by atoms with Crippen LogP contribution < -0.4 is 14.2 Å². The van der Waals surface area contributed by atoms with E-state index in [0.717, 1.165) is 12.8 Å². The van der Waals surface area contributed by atoms with Crippen LogP contribution in [0.15, 0.2) is 6.07 Å². The molecule has 0 saturated heterocycles. The maximum atomic E-state index is 11.1. The van der Waals surface area contributed by atoms with Gasteiger partial charge in [0.2, 0.25) is 0 Å². The number of carboxylic acid groups (broad SMARTS) is 1. The van der Waals surface area contributed by atoms with Crippen LogP contribution in [0.4, 0.5) is 0 Å². The van der Waals surface area contributed by atoms with E-state index >= 15 is 0 Å². The molecule has 0 radical (unpaired) electrons. The molecule has 1 saturated carbocycles. The maximum absolute atomic E-state index is 11.1. The molecule has 0 aliphatic heterocycles. The standard InChI is InChI=1S/C14H17ClO5/c1-18-8-6-9(19-2)13(20-3)11(12(8)15)14(4-5-14)7-10(16)17/h6H,4-5,7H2,1-3H3,(H,16,17). The lowest BCUT2D eigenvalue weighted by Gasteiger charge is -2.22. The second-order valence-electron chi connectivity index (χ2n) is 4.85. The number of carbonyl (C=O) groups is 1. The van der Waals surface area contributed by atoms with Gasteiger partial charge in [0.15, 0.2) is 11.5 Å². The summed E-state index contributed by atoms with van der Waals surface area (Å²) in [4.78, 5) is 11.1. The quantitative estimate of drug-likeness (QED) is 0.875. The number of hydrogen-bond acceptors (Lipinski definition) is 4. The van der Waals surface area contributed by atoms with Crippen molar-refractivity contribution in [3.05, 3.63) is 16.7 Å². The Labute approximate surface area is 122 Å². The SMILES string of the molecule is COc1cc(OC)c(OC)c(C2(CC(=O)O)CC2)c1Cl. The van der Waals surface area contributed by atoms with E-state index in [2.05, 4.69) is 0 Å². The lowest BCUT2D eigenvalue weighted by molar-refractivity contribution is -0.137. The van der Waals surface area contributed by atoms with Gasteiger partial charge < -0.3 is 19.3 Å². The summed E-state index contributed by atoms with van der Waals surface area (Å²) in [6.45, 7) is 0. The van der Waals surface area contributed by atoms with E-state index in [-0.39, 0.29) is 6.42 Å². The molecule has 6 heteroatoms. The molecule has 1 fully saturated rings. The van der Waals surface area contributed by atoms with E-state index in [9.17, 15) is 4.79 Å². The molecule has 0 aromatic heterocycles. The normalized spacial score (nSPS) is 15.6. The van der Waals surface area contributed by atoms with Crippen LogP contribution in [0.1, 0.15) is 24.8 Å². The van der Waals surface area contributed by atoms with Crippen LogP contribution in [0.25, 0.3) is 0 Å². The first-order valence-electron chi connectivity index (χ1n) is 6.20. The van der Waals surface area contributed by atoms with Gasteiger partial charge in [-0.15, -0.1) is 0 Å². The Morgan fingerprint density at radius 3 is 2.25 bits per heavy atom. The monoisotopic (exact) mass is 300 g/mol. The lowest BCUT2D eigenvalue weighted by atomic mass is 9.90. The van der Waals surface area contributed by atoms with E-state index in [4.69, 9.17) is 30.9 Å². The molecule has 0 bridgehead atoms. The Kier molecular flexibility index (Phi) is 3.99. The van der Waals surface area contributed by atoms with Crippen LogP contribution in [0.5, 0.6) is 17.2 Å². The van der Waals surface area contributed by atoms with E-state index in [0.29, 0.717) is 27.8 Å². The first-order valence-corrected chi connectivity index (χ1v) is 6.57. The van der Waals surface area contributed by atoms with E-state index in [1.807, 2.05) is 0 Å². The number of hydrogen-bond donors (Lipinski definition) is 1. The smallest absolute Gasteiger partial charge is 0.304 e. The van der Waals surface area contributed by atoms with Crippen molar-refractivity contribution in [2.45, 2.75) is 24.7 Å². The fraction of sp³-hybridized carbons (Fsp3) is 0.500. The zero-order chi connectivity index (χ0) is 14.9. The van der Waals surface area contributed by atoms with Gasteiger partial charge in [0, 0.05) is 17.0 Å². The summed E-state index contributed by atoms with van der Waals surface area (Å²) in [5, 5.41) is 9.50. The van der Waals surface area contributed by atoms with Gasteiger partial charge in [-0.05, 0) is 12.8 Å². The van der Waals surface area contributed by atoms with Gasteiger partial charge in [-0.2, -0.15) is 0 Å². The van der Waals surface area contributed by atoms with E-state index in [1.165, 1.54) is 21.3 Å². The van der Waals surface area contributed by atoms with Crippen LogP contribution in [0, 0.1) is 0 Å².